The number of ether oxygens (including phenoxy) is 1. The van der Waals surface area contributed by atoms with E-state index < -0.39 is 0 Å². The SMILES string of the molecule is CCOC1(C(N)Cc2ccc(CC)cc2)CCC(C)CC1. The summed E-state index contributed by atoms with van der Waals surface area (Å²) in [6, 6.07) is 8.99. The Hall–Kier alpha value is -0.860. The third kappa shape index (κ3) is 4.08. The van der Waals surface area contributed by atoms with E-state index in [1.165, 1.54) is 24.0 Å². The third-order valence-corrected chi connectivity index (χ3v) is 5.12. The van der Waals surface area contributed by atoms with Crippen molar-refractivity contribution < 1.29 is 4.74 Å². The molecule has 1 unspecified atom stereocenters. The standard InChI is InChI=1S/C19H31NO/c1-4-16-6-8-17(9-7-16)14-18(20)19(21-5-2)12-10-15(3)11-13-19/h6-9,15,18H,4-5,10-14,20H2,1-3H3. The molecule has 21 heavy (non-hydrogen) atoms. The molecule has 0 spiro atoms. The lowest BCUT2D eigenvalue weighted by molar-refractivity contribution is -0.0883. The van der Waals surface area contributed by atoms with Gasteiger partial charge in [0.2, 0.25) is 0 Å². The van der Waals surface area contributed by atoms with E-state index in [-0.39, 0.29) is 11.6 Å². The molecule has 1 aliphatic carbocycles. The van der Waals surface area contributed by atoms with Gasteiger partial charge >= 0.3 is 0 Å². The van der Waals surface area contributed by atoms with Crippen molar-refractivity contribution in [3.63, 3.8) is 0 Å². The molecule has 0 saturated heterocycles. The maximum atomic E-state index is 6.59. The van der Waals surface area contributed by atoms with Gasteiger partial charge in [-0.15, -0.1) is 0 Å². The number of rotatable bonds is 6. The first-order valence-corrected chi connectivity index (χ1v) is 8.57. The number of hydrogen-bond acceptors (Lipinski definition) is 2. The van der Waals surface area contributed by atoms with Crippen LogP contribution in [-0.4, -0.2) is 18.2 Å². The van der Waals surface area contributed by atoms with Crippen LogP contribution in [0.1, 0.15) is 57.6 Å². The van der Waals surface area contributed by atoms with Crippen molar-refractivity contribution in [2.45, 2.75) is 70.9 Å². The molecule has 0 aliphatic heterocycles. The maximum absolute atomic E-state index is 6.59. The molecule has 1 saturated carbocycles. The molecule has 1 aromatic carbocycles. The van der Waals surface area contributed by atoms with E-state index in [0.717, 1.165) is 38.2 Å². The van der Waals surface area contributed by atoms with Gasteiger partial charge in [-0.3, -0.25) is 0 Å². The lowest BCUT2D eigenvalue weighted by atomic mass is 9.74. The van der Waals surface area contributed by atoms with Gasteiger partial charge in [0.15, 0.2) is 0 Å². The van der Waals surface area contributed by atoms with Crippen LogP contribution in [0.25, 0.3) is 0 Å². The molecule has 2 heteroatoms. The van der Waals surface area contributed by atoms with Crippen LogP contribution in [0.4, 0.5) is 0 Å². The first-order chi connectivity index (χ1) is 10.1. The maximum Gasteiger partial charge on any atom is 0.0835 e. The molecular formula is C19H31NO. The Kier molecular flexibility index (Phi) is 5.83. The minimum atomic E-state index is -0.106. The summed E-state index contributed by atoms with van der Waals surface area (Å²) in [4.78, 5) is 0. The minimum absolute atomic E-state index is 0.0948. The molecule has 1 aromatic rings. The van der Waals surface area contributed by atoms with E-state index >= 15 is 0 Å². The molecule has 0 heterocycles. The van der Waals surface area contributed by atoms with Gasteiger partial charge in [0, 0.05) is 12.6 Å². The molecular weight excluding hydrogens is 258 g/mol. The molecule has 2 nitrogen and oxygen atoms in total. The van der Waals surface area contributed by atoms with Gasteiger partial charge in [-0.2, -0.15) is 0 Å². The molecule has 0 amide bonds. The summed E-state index contributed by atoms with van der Waals surface area (Å²) in [6.45, 7) is 7.37. The molecule has 1 aliphatic rings. The second-order valence-electron chi connectivity index (χ2n) is 6.66. The van der Waals surface area contributed by atoms with Crippen LogP contribution in [0, 0.1) is 5.92 Å². The summed E-state index contributed by atoms with van der Waals surface area (Å²) >= 11 is 0. The van der Waals surface area contributed by atoms with Crippen LogP contribution in [0.15, 0.2) is 24.3 Å². The van der Waals surface area contributed by atoms with Gasteiger partial charge in [0.05, 0.1) is 5.60 Å². The fourth-order valence-corrected chi connectivity index (χ4v) is 3.51. The average Bonchev–Trinajstić information content (AvgIpc) is 2.51. The molecule has 2 rings (SSSR count). The predicted octanol–water partition coefficient (Wildman–Crippen LogP) is 4.10. The van der Waals surface area contributed by atoms with Crippen molar-refractivity contribution in [2.75, 3.05) is 6.61 Å². The Labute approximate surface area is 130 Å². The molecule has 1 atom stereocenters. The highest BCUT2D eigenvalue weighted by atomic mass is 16.5. The zero-order chi connectivity index (χ0) is 15.3. The molecule has 0 radical (unpaired) electrons. The quantitative estimate of drug-likeness (QED) is 0.855. The van der Waals surface area contributed by atoms with Crippen LogP contribution in [0.2, 0.25) is 0 Å². The van der Waals surface area contributed by atoms with Gasteiger partial charge in [-0.25, -0.2) is 0 Å². The van der Waals surface area contributed by atoms with Gasteiger partial charge in [-0.1, -0.05) is 38.1 Å². The van der Waals surface area contributed by atoms with E-state index in [1.807, 2.05) is 0 Å². The summed E-state index contributed by atoms with van der Waals surface area (Å²) in [5, 5.41) is 0. The molecule has 0 bridgehead atoms. The summed E-state index contributed by atoms with van der Waals surface area (Å²) in [5.74, 6) is 0.814. The van der Waals surface area contributed by atoms with Crippen LogP contribution < -0.4 is 5.73 Å². The lowest BCUT2D eigenvalue weighted by Gasteiger charge is -2.43. The fourth-order valence-electron chi connectivity index (χ4n) is 3.51. The minimum Gasteiger partial charge on any atom is -0.374 e. The summed E-state index contributed by atoms with van der Waals surface area (Å²) in [5.41, 5.74) is 9.20. The van der Waals surface area contributed by atoms with Crippen molar-refractivity contribution in [1.29, 1.82) is 0 Å². The average molecular weight is 289 g/mol. The van der Waals surface area contributed by atoms with E-state index in [2.05, 4.69) is 45.0 Å². The van der Waals surface area contributed by atoms with Gasteiger partial charge in [0.1, 0.15) is 0 Å². The van der Waals surface area contributed by atoms with Crippen LogP contribution in [0.5, 0.6) is 0 Å². The van der Waals surface area contributed by atoms with E-state index in [0.29, 0.717) is 0 Å². The van der Waals surface area contributed by atoms with E-state index in [9.17, 15) is 0 Å². The van der Waals surface area contributed by atoms with Crippen molar-refractivity contribution in [3.05, 3.63) is 35.4 Å². The second kappa shape index (κ2) is 7.42. The van der Waals surface area contributed by atoms with Gasteiger partial charge in [0.25, 0.3) is 0 Å². The van der Waals surface area contributed by atoms with Crippen molar-refractivity contribution in [1.82, 2.24) is 0 Å². The Morgan fingerprint density at radius 3 is 2.24 bits per heavy atom. The first-order valence-electron chi connectivity index (χ1n) is 8.57. The second-order valence-corrected chi connectivity index (χ2v) is 6.66. The molecule has 0 aromatic heterocycles. The summed E-state index contributed by atoms with van der Waals surface area (Å²) in [7, 11) is 0. The topological polar surface area (TPSA) is 35.2 Å². The van der Waals surface area contributed by atoms with Crippen LogP contribution in [-0.2, 0) is 17.6 Å². The first kappa shape index (κ1) is 16.5. The van der Waals surface area contributed by atoms with Crippen LogP contribution in [0.3, 0.4) is 0 Å². The van der Waals surface area contributed by atoms with Crippen molar-refractivity contribution in [3.8, 4) is 0 Å². The molecule has 2 N–H and O–H groups in total. The Bertz CT molecular complexity index is 418. The Balaban J connectivity index is 2.05. The zero-order valence-corrected chi connectivity index (χ0v) is 13.9. The fraction of sp³-hybridized carbons (Fsp3) is 0.684. The number of benzene rings is 1. The zero-order valence-electron chi connectivity index (χ0n) is 13.9. The number of hydrogen-bond donors (Lipinski definition) is 1. The predicted molar refractivity (Wildman–Crippen MR) is 89.5 cm³/mol. The highest BCUT2D eigenvalue weighted by molar-refractivity contribution is 5.23. The summed E-state index contributed by atoms with van der Waals surface area (Å²) < 4.78 is 6.17. The van der Waals surface area contributed by atoms with Crippen molar-refractivity contribution in [2.24, 2.45) is 11.7 Å². The normalized spacial score (nSPS) is 27.5. The Morgan fingerprint density at radius 1 is 1.14 bits per heavy atom. The highest BCUT2D eigenvalue weighted by Crippen LogP contribution is 2.37. The summed E-state index contributed by atoms with van der Waals surface area (Å²) in [6.07, 6.45) is 6.70. The van der Waals surface area contributed by atoms with Crippen LogP contribution >= 0.6 is 0 Å². The number of aryl methyl sites for hydroxylation is 1. The monoisotopic (exact) mass is 289 g/mol. The molecule has 1 fully saturated rings. The Morgan fingerprint density at radius 2 is 1.71 bits per heavy atom. The third-order valence-electron chi connectivity index (χ3n) is 5.12. The van der Waals surface area contributed by atoms with E-state index in [4.69, 9.17) is 10.5 Å². The van der Waals surface area contributed by atoms with Gasteiger partial charge < -0.3 is 10.5 Å². The number of nitrogens with two attached hydrogens (primary N) is 1. The largest absolute Gasteiger partial charge is 0.374 e. The van der Waals surface area contributed by atoms with E-state index in [1.54, 1.807) is 0 Å². The smallest absolute Gasteiger partial charge is 0.0835 e. The van der Waals surface area contributed by atoms with Crippen molar-refractivity contribution >= 4 is 0 Å². The van der Waals surface area contributed by atoms with Gasteiger partial charge in [-0.05, 0) is 62.5 Å². The lowest BCUT2D eigenvalue weighted by Crippen LogP contribution is -2.53. The molecule has 118 valence electrons. The highest BCUT2D eigenvalue weighted by Gasteiger charge is 2.40.